The molecule has 1 heterocycles. The van der Waals surface area contributed by atoms with Gasteiger partial charge in [0.2, 0.25) is 11.6 Å². The van der Waals surface area contributed by atoms with Crippen molar-refractivity contribution in [1.29, 1.82) is 0 Å². The smallest absolute Gasteiger partial charge is 0.211 e. The van der Waals surface area contributed by atoms with E-state index >= 15 is 0 Å². The summed E-state index contributed by atoms with van der Waals surface area (Å²) in [5.41, 5.74) is 1.65. The summed E-state index contributed by atoms with van der Waals surface area (Å²) in [4.78, 5) is 29.0. The maximum absolute atomic E-state index is 12.4. The molecule has 0 bridgehead atoms. The second-order valence-electron chi connectivity index (χ2n) is 4.80. The molecule has 3 rings (SSSR count). The van der Waals surface area contributed by atoms with Gasteiger partial charge in [0.05, 0.1) is 0 Å². The van der Waals surface area contributed by atoms with Gasteiger partial charge in [0.1, 0.15) is 11.4 Å². The second kappa shape index (κ2) is 6.14. The van der Waals surface area contributed by atoms with E-state index in [1.807, 2.05) is 12.1 Å². The van der Waals surface area contributed by atoms with Crippen molar-refractivity contribution in [2.75, 3.05) is 0 Å². The highest BCUT2D eigenvalue weighted by atomic mass is 16.1. The second-order valence-corrected chi connectivity index (χ2v) is 4.80. The number of carbonyl (C=O) groups excluding carboxylic acids is 2. The number of nitrogens with zero attached hydrogens (tertiary/aromatic N) is 1. The summed E-state index contributed by atoms with van der Waals surface area (Å²) in [7, 11) is 0. The molecule has 2 aromatic carbocycles. The topological polar surface area (TPSA) is 47.0 Å². The molecule has 1 aromatic heterocycles. The fraction of sp³-hybridized carbons (Fsp3) is 0. The molecule has 3 heteroatoms. The predicted molar refractivity (Wildman–Crippen MR) is 84.0 cm³/mol. The number of carbonyl (C=O) groups is 2. The lowest BCUT2D eigenvalue weighted by Gasteiger charge is -2.04. The monoisotopic (exact) mass is 287 g/mol. The first-order valence-corrected chi connectivity index (χ1v) is 6.92. The summed E-state index contributed by atoms with van der Waals surface area (Å²) in [6.07, 6.45) is 0. The van der Waals surface area contributed by atoms with Crippen LogP contribution < -0.4 is 0 Å². The van der Waals surface area contributed by atoms with Crippen LogP contribution in [0.5, 0.6) is 0 Å². The van der Waals surface area contributed by atoms with Crippen molar-refractivity contribution in [2.45, 2.75) is 0 Å². The van der Waals surface area contributed by atoms with E-state index < -0.39 is 0 Å². The molecular weight excluding hydrogens is 274 g/mol. The van der Waals surface area contributed by atoms with E-state index in [9.17, 15) is 9.59 Å². The van der Waals surface area contributed by atoms with Crippen LogP contribution in [-0.4, -0.2) is 16.6 Å². The van der Waals surface area contributed by atoms with Crippen molar-refractivity contribution in [2.24, 2.45) is 0 Å². The molecule has 0 unspecified atom stereocenters. The molecule has 0 spiro atoms. The molecule has 0 radical (unpaired) electrons. The van der Waals surface area contributed by atoms with Gasteiger partial charge in [-0.15, -0.1) is 0 Å². The van der Waals surface area contributed by atoms with Crippen LogP contribution in [0, 0.1) is 0 Å². The Morgan fingerprint density at radius 1 is 0.545 bits per heavy atom. The summed E-state index contributed by atoms with van der Waals surface area (Å²) in [5, 5.41) is 0. The highest BCUT2D eigenvalue weighted by Gasteiger charge is 2.14. The molecule has 0 aliphatic rings. The third-order valence-electron chi connectivity index (χ3n) is 3.29. The third kappa shape index (κ3) is 2.83. The van der Waals surface area contributed by atoms with Crippen molar-refractivity contribution in [3.05, 3.63) is 101 Å². The standard InChI is InChI=1S/C19H13NO2/c21-18(14-8-3-1-4-9-14)16-12-7-13-17(20-16)19(22)15-10-5-2-6-11-15/h1-13H. The quantitative estimate of drug-likeness (QED) is 0.689. The Morgan fingerprint density at radius 3 is 1.36 bits per heavy atom. The SMILES string of the molecule is O=C(c1ccccc1)c1cccc(C(=O)c2ccccc2)n1. The highest BCUT2D eigenvalue weighted by molar-refractivity contribution is 6.10. The van der Waals surface area contributed by atoms with Crippen molar-refractivity contribution in [1.82, 2.24) is 4.98 Å². The summed E-state index contributed by atoms with van der Waals surface area (Å²) >= 11 is 0. The molecule has 0 fully saturated rings. The first-order valence-electron chi connectivity index (χ1n) is 6.92. The number of hydrogen-bond acceptors (Lipinski definition) is 3. The van der Waals surface area contributed by atoms with E-state index in [1.165, 1.54) is 0 Å². The van der Waals surface area contributed by atoms with Crippen LogP contribution in [-0.2, 0) is 0 Å². The van der Waals surface area contributed by atoms with Crippen LogP contribution in [0.2, 0.25) is 0 Å². The normalized spacial score (nSPS) is 10.2. The van der Waals surface area contributed by atoms with Crippen LogP contribution in [0.3, 0.4) is 0 Å². The molecule has 0 saturated heterocycles. The number of hydrogen-bond donors (Lipinski definition) is 0. The molecular formula is C19H13NO2. The van der Waals surface area contributed by atoms with Crippen molar-refractivity contribution in [3.8, 4) is 0 Å². The third-order valence-corrected chi connectivity index (χ3v) is 3.29. The summed E-state index contributed by atoms with van der Waals surface area (Å²) < 4.78 is 0. The number of benzene rings is 2. The first-order chi connectivity index (χ1) is 10.8. The molecule has 0 atom stereocenters. The number of rotatable bonds is 4. The van der Waals surface area contributed by atoms with Gasteiger partial charge < -0.3 is 0 Å². The van der Waals surface area contributed by atoms with Crippen LogP contribution in [0.4, 0.5) is 0 Å². The zero-order valence-corrected chi connectivity index (χ0v) is 11.8. The predicted octanol–water partition coefficient (Wildman–Crippen LogP) is 3.54. The highest BCUT2D eigenvalue weighted by Crippen LogP contribution is 2.11. The van der Waals surface area contributed by atoms with Crippen LogP contribution >= 0.6 is 0 Å². The Bertz CT molecular complexity index is 744. The van der Waals surface area contributed by atoms with Gasteiger partial charge in [0.15, 0.2) is 0 Å². The van der Waals surface area contributed by atoms with Gasteiger partial charge in [-0.1, -0.05) is 66.7 Å². The molecule has 106 valence electrons. The maximum atomic E-state index is 12.4. The first kappa shape index (κ1) is 13.9. The van der Waals surface area contributed by atoms with Gasteiger partial charge in [0.25, 0.3) is 0 Å². The fourth-order valence-electron chi connectivity index (χ4n) is 2.16. The minimum atomic E-state index is -0.191. The minimum absolute atomic E-state index is 0.191. The average molecular weight is 287 g/mol. The van der Waals surface area contributed by atoms with E-state index in [4.69, 9.17) is 0 Å². The lowest BCUT2D eigenvalue weighted by atomic mass is 10.1. The Labute approximate surface area is 128 Å². The molecule has 0 amide bonds. The van der Waals surface area contributed by atoms with Crippen LogP contribution in [0.15, 0.2) is 78.9 Å². The zero-order valence-electron chi connectivity index (χ0n) is 11.8. The molecule has 0 aliphatic carbocycles. The fourth-order valence-corrected chi connectivity index (χ4v) is 2.16. The maximum Gasteiger partial charge on any atom is 0.211 e. The van der Waals surface area contributed by atoms with E-state index in [-0.39, 0.29) is 23.0 Å². The summed E-state index contributed by atoms with van der Waals surface area (Å²) in [5.74, 6) is -0.383. The van der Waals surface area contributed by atoms with Gasteiger partial charge >= 0.3 is 0 Å². The van der Waals surface area contributed by atoms with Gasteiger partial charge in [-0.25, -0.2) is 4.98 Å². The lowest BCUT2D eigenvalue weighted by Crippen LogP contribution is -2.09. The van der Waals surface area contributed by atoms with Crippen LogP contribution in [0.25, 0.3) is 0 Å². The molecule has 0 aliphatic heterocycles. The van der Waals surface area contributed by atoms with E-state index in [2.05, 4.69) is 4.98 Å². The molecule has 3 aromatic rings. The molecule has 0 saturated carbocycles. The Balaban J connectivity index is 1.94. The minimum Gasteiger partial charge on any atom is -0.287 e. The number of ketones is 2. The van der Waals surface area contributed by atoms with Crippen molar-refractivity contribution >= 4 is 11.6 Å². The largest absolute Gasteiger partial charge is 0.287 e. The Hall–Kier alpha value is -3.07. The van der Waals surface area contributed by atoms with Crippen LogP contribution in [0.1, 0.15) is 32.1 Å². The Kier molecular flexibility index (Phi) is 3.88. The molecule has 22 heavy (non-hydrogen) atoms. The molecule has 0 N–H and O–H groups in total. The summed E-state index contributed by atoms with van der Waals surface area (Å²) in [6, 6.07) is 22.7. The van der Waals surface area contributed by atoms with Crippen molar-refractivity contribution < 1.29 is 9.59 Å². The van der Waals surface area contributed by atoms with E-state index in [0.29, 0.717) is 11.1 Å². The van der Waals surface area contributed by atoms with Gasteiger partial charge in [-0.2, -0.15) is 0 Å². The molecule has 3 nitrogen and oxygen atoms in total. The van der Waals surface area contributed by atoms with Gasteiger partial charge in [-0.05, 0) is 12.1 Å². The lowest BCUT2D eigenvalue weighted by molar-refractivity contribution is 0.103. The van der Waals surface area contributed by atoms with Crippen molar-refractivity contribution in [3.63, 3.8) is 0 Å². The number of aromatic nitrogens is 1. The van der Waals surface area contributed by atoms with E-state index in [1.54, 1.807) is 66.7 Å². The van der Waals surface area contributed by atoms with Gasteiger partial charge in [-0.3, -0.25) is 9.59 Å². The van der Waals surface area contributed by atoms with Gasteiger partial charge in [0, 0.05) is 11.1 Å². The summed E-state index contributed by atoms with van der Waals surface area (Å²) in [6.45, 7) is 0. The number of pyridine rings is 1. The average Bonchev–Trinajstić information content (AvgIpc) is 2.62. The Morgan fingerprint density at radius 2 is 0.955 bits per heavy atom. The zero-order chi connectivity index (χ0) is 15.4. The van der Waals surface area contributed by atoms with E-state index in [0.717, 1.165) is 0 Å².